The number of aromatic hydroxyl groups is 1. The fourth-order valence-electron chi connectivity index (χ4n) is 2.18. The molecule has 0 atom stereocenters. The molecule has 0 unspecified atom stereocenters. The molecule has 2 aromatic rings. The van der Waals surface area contributed by atoms with Gasteiger partial charge in [0, 0.05) is 6.07 Å². The quantitative estimate of drug-likeness (QED) is 0.527. The summed E-state index contributed by atoms with van der Waals surface area (Å²) in [7, 11) is 3.03. The van der Waals surface area contributed by atoms with Crippen LogP contribution in [0, 0.1) is 0 Å². The van der Waals surface area contributed by atoms with Gasteiger partial charge in [-0.1, -0.05) is 0 Å². The first kappa shape index (κ1) is 19.6. The van der Waals surface area contributed by atoms with Gasteiger partial charge in [0.25, 0.3) is 5.91 Å². The average molecular weight is 423 g/mol. The van der Waals surface area contributed by atoms with Crippen LogP contribution in [0.5, 0.6) is 23.0 Å². The number of amides is 1. The summed E-state index contributed by atoms with van der Waals surface area (Å²) in [5.41, 5.74) is 3.15. The first-order chi connectivity index (χ1) is 12.5. The van der Waals surface area contributed by atoms with Crippen molar-refractivity contribution in [2.75, 3.05) is 20.8 Å². The Morgan fingerprint density at radius 1 is 1.27 bits per heavy atom. The lowest BCUT2D eigenvalue weighted by atomic mass is 10.2. The van der Waals surface area contributed by atoms with E-state index in [1.54, 1.807) is 25.3 Å². The molecule has 138 valence electrons. The summed E-state index contributed by atoms with van der Waals surface area (Å²) in [4.78, 5) is 12.1. The minimum Gasteiger partial charge on any atom is -0.507 e. The highest BCUT2D eigenvalue weighted by molar-refractivity contribution is 9.10. The van der Waals surface area contributed by atoms with Crippen LogP contribution in [-0.4, -0.2) is 38.1 Å². The van der Waals surface area contributed by atoms with Crippen LogP contribution < -0.4 is 19.6 Å². The Morgan fingerprint density at radius 2 is 2.04 bits per heavy atom. The van der Waals surface area contributed by atoms with Gasteiger partial charge in [0.2, 0.25) is 0 Å². The summed E-state index contributed by atoms with van der Waals surface area (Å²) in [6.07, 6.45) is 1.46. The van der Waals surface area contributed by atoms with Gasteiger partial charge in [-0.05, 0) is 52.7 Å². The van der Waals surface area contributed by atoms with E-state index in [4.69, 9.17) is 14.2 Å². The Kier molecular flexibility index (Phi) is 6.85. The molecular formula is C18H19BrN2O5. The zero-order valence-corrected chi connectivity index (χ0v) is 16.2. The summed E-state index contributed by atoms with van der Waals surface area (Å²) in [6, 6.07) is 7.91. The Balaban J connectivity index is 2.14. The topological polar surface area (TPSA) is 89.4 Å². The first-order valence-electron chi connectivity index (χ1n) is 7.70. The maximum atomic E-state index is 12.1. The molecule has 0 fully saturated rings. The third-order valence-electron chi connectivity index (χ3n) is 3.37. The van der Waals surface area contributed by atoms with Crippen LogP contribution in [0.1, 0.15) is 22.8 Å². The molecule has 8 heteroatoms. The first-order valence-corrected chi connectivity index (χ1v) is 8.50. The molecule has 0 aliphatic heterocycles. The second-order valence-electron chi connectivity index (χ2n) is 5.05. The molecule has 0 saturated carbocycles. The summed E-state index contributed by atoms with van der Waals surface area (Å²) in [5, 5.41) is 13.8. The zero-order valence-electron chi connectivity index (χ0n) is 14.6. The van der Waals surface area contributed by atoms with E-state index in [9.17, 15) is 9.90 Å². The lowest BCUT2D eigenvalue weighted by molar-refractivity contribution is 0.0952. The molecule has 0 aliphatic carbocycles. The predicted molar refractivity (Wildman–Crippen MR) is 102 cm³/mol. The van der Waals surface area contributed by atoms with E-state index in [2.05, 4.69) is 26.5 Å². The highest BCUT2D eigenvalue weighted by Crippen LogP contribution is 2.36. The molecule has 2 rings (SSSR count). The smallest absolute Gasteiger partial charge is 0.275 e. The molecule has 0 bridgehead atoms. The summed E-state index contributed by atoms with van der Waals surface area (Å²) in [6.45, 7) is 2.35. The number of methoxy groups -OCH3 is 2. The highest BCUT2D eigenvalue weighted by atomic mass is 79.9. The minimum atomic E-state index is -0.543. The van der Waals surface area contributed by atoms with E-state index >= 15 is 0 Å². The number of nitrogens with zero attached hydrogens (tertiary/aromatic N) is 1. The minimum absolute atomic E-state index is 0.0915. The molecule has 1 amide bonds. The van der Waals surface area contributed by atoms with Gasteiger partial charge < -0.3 is 19.3 Å². The summed E-state index contributed by atoms with van der Waals surface area (Å²) in [5.74, 6) is 0.858. The number of nitrogens with one attached hydrogen (secondary N) is 1. The van der Waals surface area contributed by atoms with E-state index < -0.39 is 5.91 Å². The zero-order chi connectivity index (χ0) is 19.1. The fourth-order valence-corrected chi connectivity index (χ4v) is 2.80. The van der Waals surface area contributed by atoms with Crippen molar-refractivity contribution in [1.29, 1.82) is 0 Å². The molecule has 0 aliphatic rings. The van der Waals surface area contributed by atoms with Crippen molar-refractivity contribution >= 4 is 28.1 Å². The van der Waals surface area contributed by atoms with E-state index in [0.29, 0.717) is 33.9 Å². The standard InChI is InChI=1S/C18H19BrN2O5/c1-4-26-16-8-11(7-14(19)17(16)25-3)10-20-21-18(23)13-6-5-12(24-2)9-15(13)22/h5-10,22H,4H2,1-3H3,(H,21,23)/b20-10-. The van der Waals surface area contributed by atoms with Crippen molar-refractivity contribution in [3.8, 4) is 23.0 Å². The van der Waals surface area contributed by atoms with Crippen LogP contribution in [0.25, 0.3) is 0 Å². The number of hydrogen-bond acceptors (Lipinski definition) is 6. The van der Waals surface area contributed by atoms with E-state index in [-0.39, 0.29) is 11.3 Å². The van der Waals surface area contributed by atoms with Crippen molar-refractivity contribution in [2.45, 2.75) is 6.92 Å². The van der Waals surface area contributed by atoms with Crippen molar-refractivity contribution < 1.29 is 24.1 Å². The number of carbonyl (C=O) groups is 1. The van der Waals surface area contributed by atoms with Gasteiger partial charge in [0.1, 0.15) is 11.5 Å². The van der Waals surface area contributed by atoms with E-state index in [0.717, 1.165) is 0 Å². The number of rotatable bonds is 7. The number of phenolic OH excluding ortho intramolecular Hbond substituents is 1. The third-order valence-corrected chi connectivity index (χ3v) is 3.95. The molecular weight excluding hydrogens is 404 g/mol. The number of phenols is 1. The fraction of sp³-hybridized carbons (Fsp3) is 0.222. The summed E-state index contributed by atoms with van der Waals surface area (Å²) < 4.78 is 16.5. The predicted octanol–water partition coefficient (Wildman–Crippen LogP) is 3.33. The Bertz CT molecular complexity index is 823. The molecule has 0 saturated heterocycles. The number of benzene rings is 2. The largest absolute Gasteiger partial charge is 0.507 e. The molecule has 2 aromatic carbocycles. The van der Waals surface area contributed by atoms with Crippen LogP contribution in [0.4, 0.5) is 0 Å². The van der Waals surface area contributed by atoms with Crippen molar-refractivity contribution in [2.24, 2.45) is 5.10 Å². The molecule has 0 radical (unpaired) electrons. The van der Waals surface area contributed by atoms with Crippen LogP contribution in [0.3, 0.4) is 0 Å². The SMILES string of the molecule is CCOc1cc(/C=N\NC(=O)c2ccc(OC)cc2O)cc(Br)c1OC. The van der Waals surface area contributed by atoms with Gasteiger partial charge in [0.15, 0.2) is 11.5 Å². The van der Waals surface area contributed by atoms with E-state index in [1.807, 2.05) is 6.92 Å². The molecule has 7 nitrogen and oxygen atoms in total. The number of hydrazone groups is 1. The normalized spacial score (nSPS) is 10.6. The monoisotopic (exact) mass is 422 g/mol. The lowest BCUT2D eigenvalue weighted by Gasteiger charge is -2.11. The summed E-state index contributed by atoms with van der Waals surface area (Å²) >= 11 is 3.41. The molecule has 0 spiro atoms. The van der Waals surface area contributed by atoms with Crippen molar-refractivity contribution in [3.63, 3.8) is 0 Å². The Labute approximate surface area is 159 Å². The number of halogens is 1. The molecule has 26 heavy (non-hydrogen) atoms. The Hall–Kier alpha value is -2.74. The van der Waals surface area contributed by atoms with Gasteiger partial charge in [0.05, 0.1) is 37.1 Å². The maximum Gasteiger partial charge on any atom is 0.275 e. The van der Waals surface area contributed by atoms with Crippen molar-refractivity contribution in [3.05, 3.63) is 45.9 Å². The second-order valence-corrected chi connectivity index (χ2v) is 5.90. The van der Waals surface area contributed by atoms with Crippen molar-refractivity contribution in [1.82, 2.24) is 5.43 Å². The highest BCUT2D eigenvalue weighted by Gasteiger charge is 2.12. The number of hydrogen-bond donors (Lipinski definition) is 2. The van der Waals surface area contributed by atoms with Gasteiger partial charge in [-0.2, -0.15) is 5.10 Å². The van der Waals surface area contributed by atoms with Gasteiger partial charge in [-0.3, -0.25) is 4.79 Å². The van der Waals surface area contributed by atoms with Crippen LogP contribution in [0.15, 0.2) is 39.9 Å². The lowest BCUT2D eigenvalue weighted by Crippen LogP contribution is -2.17. The second kappa shape index (κ2) is 9.10. The number of carbonyl (C=O) groups excluding carboxylic acids is 1. The number of ether oxygens (including phenoxy) is 3. The van der Waals surface area contributed by atoms with Crippen LogP contribution in [-0.2, 0) is 0 Å². The van der Waals surface area contributed by atoms with Gasteiger partial charge in [-0.15, -0.1) is 0 Å². The molecule has 0 heterocycles. The Morgan fingerprint density at radius 3 is 2.65 bits per heavy atom. The van der Waals surface area contributed by atoms with E-state index in [1.165, 1.54) is 25.5 Å². The van der Waals surface area contributed by atoms with Crippen LogP contribution >= 0.6 is 15.9 Å². The van der Waals surface area contributed by atoms with Crippen LogP contribution in [0.2, 0.25) is 0 Å². The average Bonchev–Trinajstić information content (AvgIpc) is 2.61. The maximum absolute atomic E-state index is 12.1. The van der Waals surface area contributed by atoms with Gasteiger partial charge in [-0.25, -0.2) is 5.43 Å². The molecule has 2 N–H and O–H groups in total. The third kappa shape index (κ3) is 4.66. The molecule has 0 aromatic heterocycles. The van der Waals surface area contributed by atoms with Gasteiger partial charge >= 0.3 is 0 Å².